The molecule has 0 spiro atoms. The van der Waals surface area contributed by atoms with Gasteiger partial charge in [-0.1, -0.05) is 23.7 Å². The maximum absolute atomic E-state index is 13.8. The van der Waals surface area contributed by atoms with Crippen molar-refractivity contribution in [1.29, 1.82) is 0 Å². The highest BCUT2D eigenvalue weighted by atomic mass is 35.5. The molecule has 0 heterocycles. The van der Waals surface area contributed by atoms with E-state index in [1.54, 1.807) is 12.1 Å². The molecule has 1 atom stereocenters. The maximum Gasteiger partial charge on any atom is 0.128 e. The third kappa shape index (κ3) is 3.31. The average molecular weight is 282 g/mol. The fourth-order valence-electron chi connectivity index (χ4n) is 1.93. The van der Waals surface area contributed by atoms with Crippen molar-refractivity contribution in [2.75, 3.05) is 0 Å². The van der Waals surface area contributed by atoms with Gasteiger partial charge in [0.15, 0.2) is 0 Å². The predicted octanol–water partition coefficient (Wildman–Crippen LogP) is 4.17. The van der Waals surface area contributed by atoms with Crippen LogP contribution in [-0.4, -0.2) is 0 Å². The summed E-state index contributed by atoms with van der Waals surface area (Å²) in [6, 6.07) is 8.90. The van der Waals surface area contributed by atoms with E-state index in [1.807, 2.05) is 12.1 Å². The Morgan fingerprint density at radius 1 is 1.11 bits per heavy atom. The van der Waals surface area contributed by atoms with Crippen LogP contribution in [-0.2, 0) is 6.42 Å². The molecule has 0 amide bonds. The molecule has 0 aliphatic rings. The fraction of sp³-hybridized carbons (Fsp3) is 0.200. The zero-order chi connectivity index (χ0) is 14.0. The van der Waals surface area contributed by atoms with Gasteiger partial charge in [0.2, 0.25) is 0 Å². The molecule has 1 nitrogen and oxygen atoms in total. The summed E-state index contributed by atoms with van der Waals surface area (Å²) >= 11 is 5.79. The van der Waals surface area contributed by atoms with Gasteiger partial charge >= 0.3 is 0 Å². The second kappa shape index (κ2) is 5.68. The van der Waals surface area contributed by atoms with Crippen LogP contribution in [0.5, 0.6) is 0 Å². The van der Waals surface area contributed by atoms with E-state index < -0.39 is 17.7 Å². The Balaban J connectivity index is 2.22. The predicted molar refractivity (Wildman–Crippen MR) is 73.2 cm³/mol. The summed E-state index contributed by atoms with van der Waals surface area (Å²) in [5, 5.41) is 0.630. The van der Waals surface area contributed by atoms with Crippen LogP contribution in [0.1, 0.15) is 22.7 Å². The minimum Gasteiger partial charge on any atom is -0.324 e. The first-order valence-corrected chi connectivity index (χ1v) is 6.30. The molecule has 1 unspecified atom stereocenters. The van der Waals surface area contributed by atoms with Crippen LogP contribution in [0.3, 0.4) is 0 Å². The number of hydrogen-bond acceptors (Lipinski definition) is 1. The van der Waals surface area contributed by atoms with E-state index in [4.69, 9.17) is 17.3 Å². The van der Waals surface area contributed by atoms with Gasteiger partial charge in [-0.2, -0.15) is 0 Å². The molecule has 4 heteroatoms. The lowest BCUT2D eigenvalue weighted by Gasteiger charge is -2.14. The van der Waals surface area contributed by atoms with Gasteiger partial charge in [-0.15, -0.1) is 0 Å². The Bertz CT molecular complexity index is 581. The Morgan fingerprint density at radius 3 is 2.37 bits per heavy atom. The van der Waals surface area contributed by atoms with Crippen molar-refractivity contribution in [3.05, 3.63) is 69.7 Å². The SMILES string of the molecule is Cc1cc(F)c(C(N)Cc2ccc(Cl)cc2)cc1F. The molecule has 2 aromatic rings. The lowest BCUT2D eigenvalue weighted by Crippen LogP contribution is -2.15. The molecular formula is C15H14ClF2N. The van der Waals surface area contributed by atoms with Crippen molar-refractivity contribution >= 4 is 11.6 Å². The molecule has 0 aliphatic carbocycles. The van der Waals surface area contributed by atoms with Crippen LogP contribution in [0.15, 0.2) is 36.4 Å². The first-order valence-electron chi connectivity index (χ1n) is 5.93. The standard InChI is InChI=1S/C15H14ClF2N/c1-9-6-14(18)12(8-13(9)17)15(19)7-10-2-4-11(16)5-3-10/h2-6,8,15H,7,19H2,1H3. The van der Waals surface area contributed by atoms with Gasteiger partial charge in [-0.05, 0) is 48.7 Å². The molecule has 0 fully saturated rings. The van der Waals surface area contributed by atoms with Crippen molar-refractivity contribution in [3.63, 3.8) is 0 Å². The normalized spacial score (nSPS) is 12.5. The third-order valence-corrected chi connectivity index (χ3v) is 3.30. The fourth-order valence-corrected chi connectivity index (χ4v) is 2.06. The van der Waals surface area contributed by atoms with E-state index in [-0.39, 0.29) is 11.1 Å². The largest absolute Gasteiger partial charge is 0.324 e. The molecule has 2 N–H and O–H groups in total. The molecule has 100 valence electrons. The minimum atomic E-state index is -0.587. The lowest BCUT2D eigenvalue weighted by molar-refractivity contribution is 0.556. The van der Waals surface area contributed by atoms with Crippen molar-refractivity contribution in [2.24, 2.45) is 5.73 Å². The second-order valence-electron chi connectivity index (χ2n) is 4.56. The number of rotatable bonds is 3. The summed E-state index contributed by atoms with van der Waals surface area (Å²) in [5.74, 6) is -0.914. The summed E-state index contributed by atoms with van der Waals surface area (Å²) in [4.78, 5) is 0. The molecule has 0 aromatic heterocycles. The molecular weight excluding hydrogens is 268 g/mol. The molecule has 2 rings (SSSR count). The monoisotopic (exact) mass is 281 g/mol. The van der Waals surface area contributed by atoms with Gasteiger partial charge in [0.05, 0.1) is 0 Å². The Morgan fingerprint density at radius 2 is 1.74 bits per heavy atom. The second-order valence-corrected chi connectivity index (χ2v) is 5.00. The summed E-state index contributed by atoms with van der Waals surface area (Å²) in [6.07, 6.45) is 0.427. The molecule has 0 radical (unpaired) electrons. The van der Waals surface area contributed by atoms with Crippen LogP contribution in [0.2, 0.25) is 5.02 Å². The van der Waals surface area contributed by atoms with Gasteiger partial charge in [-0.3, -0.25) is 0 Å². The van der Waals surface area contributed by atoms with Crippen LogP contribution < -0.4 is 5.73 Å². The number of hydrogen-bond donors (Lipinski definition) is 1. The highest BCUT2D eigenvalue weighted by Gasteiger charge is 2.14. The van der Waals surface area contributed by atoms with E-state index in [0.29, 0.717) is 11.4 Å². The minimum absolute atomic E-state index is 0.193. The smallest absolute Gasteiger partial charge is 0.128 e. The zero-order valence-corrected chi connectivity index (χ0v) is 11.2. The molecule has 0 saturated heterocycles. The van der Waals surface area contributed by atoms with E-state index in [2.05, 4.69) is 0 Å². The van der Waals surface area contributed by atoms with Gasteiger partial charge in [0.25, 0.3) is 0 Å². The third-order valence-electron chi connectivity index (χ3n) is 3.05. The molecule has 19 heavy (non-hydrogen) atoms. The molecule has 0 saturated carbocycles. The van der Waals surface area contributed by atoms with Crippen LogP contribution in [0, 0.1) is 18.6 Å². The van der Waals surface area contributed by atoms with Gasteiger partial charge < -0.3 is 5.73 Å². The maximum atomic E-state index is 13.8. The zero-order valence-electron chi connectivity index (χ0n) is 10.5. The Kier molecular flexibility index (Phi) is 4.17. The van der Waals surface area contributed by atoms with E-state index in [0.717, 1.165) is 5.56 Å². The number of benzene rings is 2. The van der Waals surface area contributed by atoms with E-state index in [1.165, 1.54) is 19.1 Å². The van der Waals surface area contributed by atoms with E-state index in [9.17, 15) is 8.78 Å². The first-order chi connectivity index (χ1) is 8.97. The van der Waals surface area contributed by atoms with E-state index >= 15 is 0 Å². The number of halogens is 3. The summed E-state index contributed by atoms with van der Waals surface area (Å²) in [6.45, 7) is 1.52. The number of nitrogens with two attached hydrogens (primary N) is 1. The van der Waals surface area contributed by atoms with Gasteiger partial charge in [0.1, 0.15) is 11.6 Å². The molecule has 0 bridgehead atoms. The van der Waals surface area contributed by atoms with Gasteiger partial charge in [0, 0.05) is 16.6 Å². The van der Waals surface area contributed by atoms with Crippen molar-refractivity contribution in [1.82, 2.24) is 0 Å². The highest BCUT2D eigenvalue weighted by Crippen LogP contribution is 2.22. The Labute approximate surface area is 116 Å². The summed E-state index contributed by atoms with van der Waals surface area (Å²) in [5.41, 5.74) is 7.34. The van der Waals surface area contributed by atoms with Gasteiger partial charge in [-0.25, -0.2) is 8.78 Å². The highest BCUT2D eigenvalue weighted by molar-refractivity contribution is 6.30. The number of aryl methyl sites for hydroxylation is 1. The summed E-state index contributed by atoms with van der Waals surface area (Å²) in [7, 11) is 0. The van der Waals surface area contributed by atoms with Crippen molar-refractivity contribution in [2.45, 2.75) is 19.4 Å². The van der Waals surface area contributed by atoms with Crippen molar-refractivity contribution in [3.8, 4) is 0 Å². The lowest BCUT2D eigenvalue weighted by atomic mass is 9.98. The average Bonchev–Trinajstić information content (AvgIpc) is 2.36. The van der Waals surface area contributed by atoms with Crippen LogP contribution in [0.25, 0.3) is 0 Å². The molecule has 0 aliphatic heterocycles. The van der Waals surface area contributed by atoms with Crippen LogP contribution in [0.4, 0.5) is 8.78 Å². The van der Waals surface area contributed by atoms with Crippen molar-refractivity contribution < 1.29 is 8.78 Å². The van der Waals surface area contributed by atoms with Crippen LogP contribution >= 0.6 is 11.6 Å². The quantitative estimate of drug-likeness (QED) is 0.898. The first kappa shape index (κ1) is 14.0. The topological polar surface area (TPSA) is 26.0 Å². The summed E-state index contributed by atoms with van der Waals surface area (Å²) < 4.78 is 27.3. The Hall–Kier alpha value is -1.45. The molecule has 2 aromatic carbocycles.